The van der Waals surface area contributed by atoms with Gasteiger partial charge in [-0.1, -0.05) is 23.5 Å². The summed E-state index contributed by atoms with van der Waals surface area (Å²) in [5.41, 5.74) is -0.211. The minimum atomic E-state index is -1.19. The first-order valence-electron chi connectivity index (χ1n) is 5.34. The van der Waals surface area contributed by atoms with Gasteiger partial charge in [-0.05, 0) is 6.42 Å². The van der Waals surface area contributed by atoms with Crippen LogP contribution >= 0.6 is 11.3 Å². The number of carbonyl (C=O) groups is 2. The molecule has 2 rings (SSSR count). The largest absolute Gasteiger partial charge is 0.476 e. The van der Waals surface area contributed by atoms with Crippen LogP contribution in [0, 0.1) is 0 Å². The van der Waals surface area contributed by atoms with Crippen LogP contribution < -0.4 is 5.32 Å². The van der Waals surface area contributed by atoms with Crippen molar-refractivity contribution < 1.29 is 14.7 Å². The van der Waals surface area contributed by atoms with E-state index in [1.807, 2.05) is 6.92 Å². The molecule has 0 saturated carbocycles. The first-order valence-corrected chi connectivity index (χ1v) is 6.15. The number of aryl methyl sites for hydroxylation is 1. The average Bonchev–Trinajstić information content (AvgIpc) is 2.98. The highest BCUT2D eigenvalue weighted by Gasteiger charge is 2.12. The Hall–Kier alpha value is -2.36. The molecule has 0 radical (unpaired) electrons. The van der Waals surface area contributed by atoms with E-state index in [0.29, 0.717) is 5.13 Å². The van der Waals surface area contributed by atoms with Crippen LogP contribution in [0.5, 0.6) is 0 Å². The lowest BCUT2D eigenvalue weighted by Gasteiger charge is -1.99. The summed E-state index contributed by atoms with van der Waals surface area (Å²) in [6.07, 6.45) is 1.93. The Labute approximate surface area is 111 Å². The number of amides is 1. The molecular formula is C9H10N6O3S. The number of aromatic nitrogens is 5. The molecule has 0 saturated heterocycles. The van der Waals surface area contributed by atoms with Crippen molar-refractivity contribution in [3.05, 3.63) is 16.9 Å². The average molecular weight is 282 g/mol. The van der Waals surface area contributed by atoms with E-state index in [1.165, 1.54) is 17.5 Å². The Balaban J connectivity index is 1.95. The van der Waals surface area contributed by atoms with Crippen molar-refractivity contribution in [2.24, 2.45) is 0 Å². The molecule has 1 amide bonds. The highest BCUT2D eigenvalue weighted by atomic mass is 32.1. The number of hydrogen-bond acceptors (Lipinski definition) is 7. The molecule has 0 aliphatic rings. The van der Waals surface area contributed by atoms with Crippen molar-refractivity contribution in [2.45, 2.75) is 19.9 Å². The smallest absolute Gasteiger partial charge is 0.358 e. The lowest BCUT2D eigenvalue weighted by Crippen LogP contribution is -2.19. The third kappa shape index (κ3) is 3.31. The maximum atomic E-state index is 11.7. The maximum Gasteiger partial charge on any atom is 0.358 e. The molecule has 0 atom stereocenters. The second-order valence-corrected chi connectivity index (χ2v) is 4.57. The minimum absolute atomic E-state index is 0.138. The van der Waals surface area contributed by atoms with Gasteiger partial charge in [0.1, 0.15) is 11.6 Å². The van der Waals surface area contributed by atoms with E-state index < -0.39 is 5.97 Å². The van der Waals surface area contributed by atoms with Gasteiger partial charge in [0.15, 0.2) is 5.69 Å². The zero-order chi connectivity index (χ0) is 13.8. The second kappa shape index (κ2) is 5.52. The van der Waals surface area contributed by atoms with Crippen LogP contribution in [-0.2, 0) is 17.8 Å². The number of nitrogens with one attached hydrogen (secondary N) is 1. The highest BCUT2D eigenvalue weighted by Crippen LogP contribution is 2.15. The summed E-state index contributed by atoms with van der Waals surface area (Å²) in [6.45, 7) is 1.80. The highest BCUT2D eigenvalue weighted by molar-refractivity contribution is 7.15. The summed E-state index contributed by atoms with van der Waals surface area (Å²) >= 11 is 1.29. The molecular weight excluding hydrogens is 272 g/mol. The van der Waals surface area contributed by atoms with Crippen LogP contribution in [0.3, 0.4) is 0 Å². The van der Waals surface area contributed by atoms with Crippen LogP contribution in [-0.4, -0.2) is 42.2 Å². The molecule has 0 unspecified atom stereocenters. The fourth-order valence-corrected chi connectivity index (χ4v) is 1.92. The minimum Gasteiger partial charge on any atom is -0.476 e. The summed E-state index contributed by atoms with van der Waals surface area (Å²) in [5.74, 6) is -1.57. The maximum absolute atomic E-state index is 11.7. The Morgan fingerprint density at radius 1 is 1.42 bits per heavy atom. The molecule has 0 aliphatic heterocycles. The van der Waals surface area contributed by atoms with Crippen molar-refractivity contribution >= 4 is 28.3 Å². The zero-order valence-electron chi connectivity index (χ0n) is 9.90. The number of hydrogen-bond donors (Lipinski definition) is 2. The molecule has 9 nitrogen and oxygen atoms in total. The van der Waals surface area contributed by atoms with Gasteiger partial charge in [-0.3, -0.25) is 10.1 Å². The van der Waals surface area contributed by atoms with Crippen molar-refractivity contribution in [3.8, 4) is 0 Å². The zero-order valence-corrected chi connectivity index (χ0v) is 10.7. The number of nitrogens with zero attached hydrogens (tertiary/aromatic N) is 5. The quantitative estimate of drug-likeness (QED) is 0.792. The molecule has 0 spiro atoms. The monoisotopic (exact) mass is 282 g/mol. The molecule has 2 aromatic heterocycles. The lowest BCUT2D eigenvalue weighted by atomic mass is 10.5. The third-order valence-corrected chi connectivity index (χ3v) is 3.06. The van der Waals surface area contributed by atoms with E-state index in [4.69, 9.17) is 5.11 Å². The summed E-state index contributed by atoms with van der Waals surface area (Å²) < 4.78 is 1.14. The molecule has 19 heavy (non-hydrogen) atoms. The summed E-state index contributed by atoms with van der Waals surface area (Å²) in [5, 5.41) is 27.0. The van der Waals surface area contributed by atoms with E-state index in [2.05, 4.69) is 25.8 Å². The molecule has 0 fully saturated rings. The van der Waals surface area contributed by atoms with Crippen LogP contribution in [0.2, 0.25) is 0 Å². The molecule has 0 aromatic carbocycles. The Morgan fingerprint density at radius 2 is 2.21 bits per heavy atom. The number of carboxylic acid groups (broad SMARTS) is 1. The van der Waals surface area contributed by atoms with Gasteiger partial charge in [0, 0.05) is 0 Å². The molecule has 0 aliphatic carbocycles. The number of rotatable bonds is 5. The predicted molar refractivity (Wildman–Crippen MR) is 64.9 cm³/mol. The van der Waals surface area contributed by atoms with E-state index in [-0.39, 0.29) is 18.1 Å². The first kappa shape index (κ1) is 13.1. The van der Waals surface area contributed by atoms with Gasteiger partial charge >= 0.3 is 5.97 Å². The molecule has 2 N–H and O–H groups in total. The van der Waals surface area contributed by atoms with Crippen molar-refractivity contribution in [1.29, 1.82) is 0 Å². The Kier molecular flexibility index (Phi) is 3.80. The second-order valence-electron chi connectivity index (χ2n) is 3.51. The van der Waals surface area contributed by atoms with Gasteiger partial charge in [-0.25, -0.2) is 9.48 Å². The van der Waals surface area contributed by atoms with Gasteiger partial charge in [-0.15, -0.1) is 15.3 Å². The number of carboxylic acids is 1. The Bertz CT molecular complexity index is 607. The summed E-state index contributed by atoms with van der Waals surface area (Å²) in [4.78, 5) is 22.2. The predicted octanol–water partition coefficient (Wildman–Crippen LogP) is 0.0289. The van der Waals surface area contributed by atoms with Crippen LogP contribution in [0.1, 0.15) is 22.4 Å². The van der Waals surface area contributed by atoms with E-state index in [9.17, 15) is 9.59 Å². The fourth-order valence-electron chi connectivity index (χ4n) is 1.23. The molecule has 10 heteroatoms. The molecule has 2 heterocycles. The molecule has 100 valence electrons. The van der Waals surface area contributed by atoms with Crippen molar-refractivity contribution in [3.63, 3.8) is 0 Å². The van der Waals surface area contributed by atoms with E-state index in [1.54, 1.807) is 0 Å². The van der Waals surface area contributed by atoms with Gasteiger partial charge in [-0.2, -0.15) is 0 Å². The van der Waals surface area contributed by atoms with Crippen molar-refractivity contribution in [1.82, 2.24) is 25.2 Å². The fraction of sp³-hybridized carbons (Fsp3) is 0.333. The standard InChI is InChI=1S/C9H10N6O3S/c1-2-7-12-13-9(19-7)10-6(16)4-15-3-5(8(17)18)11-14-15/h3H,2,4H2,1H3,(H,17,18)(H,10,13,16). The summed E-state index contributed by atoms with van der Waals surface area (Å²) in [7, 11) is 0. The molecule has 2 aromatic rings. The third-order valence-electron chi connectivity index (χ3n) is 2.08. The van der Waals surface area contributed by atoms with E-state index in [0.717, 1.165) is 16.1 Å². The van der Waals surface area contributed by atoms with Gasteiger partial charge in [0.05, 0.1) is 6.20 Å². The number of aromatic carboxylic acids is 1. The SMILES string of the molecule is CCc1nnc(NC(=O)Cn2cc(C(=O)O)nn2)s1. The Morgan fingerprint density at radius 3 is 2.79 bits per heavy atom. The van der Waals surface area contributed by atoms with Crippen molar-refractivity contribution in [2.75, 3.05) is 5.32 Å². The number of carbonyl (C=O) groups excluding carboxylic acids is 1. The topological polar surface area (TPSA) is 123 Å². The lowest BCUT2D eigenvalue weighted by molar-refractivity contribution is -0.116. The number of anilines is 1. The van der Waals surface area contributed by atoms with Gasteiger partial charge < -0.3 is 5.11 Å². The summed E-state index contributed by atoms with van der Waals surface area (Å²) in [6, 6.07) is 0. The van der Waals surface area contributed by atoms with Gasteiger partial charge in [0.25, 0.3) is 0 Å². The van der Waals surface area contributed by atoms with Gasteiger partial charge in [0.2, 0.25) is 11.0 Å². The molecule has 0 bridgehead atoms. The van der Waals surface area contributed by atoms with E-state index >= 15 is 0 Å². The van der Waals surface area contributed by atoms with Crippen LogP contribution in [0.25, 0.3) is 0 Å². The van der Waals surface area contributed by atoms with Crippen LogP contribution in [0.15, 0.2) is 6.20 Å². The van der Waals surface area contributed by atoms with Crippen LogP contribution in [0.4, 0.5) is 5.13 Å². The normalized spacial score (nSPS) is 10.4. The first-order chi connectivity index (χ1) is 9.08.